The van der Waals surface area contributed by atoms with Gasteiger partial charge in [0, 0.05) is 48.9 Å². The highest BCUT2D eigenvalue weighted by Crippen LogP contribution is 2.57. The SMILES string of the molecule is COc1cc([C@H]2Oc3c(c4c(c5c3CC[C@H](CO)O5)-c3ccc(O)cc3[C@@H](Cc3ccc5c(c3)=CCN=5)C4)C[C@@]2(CNCNC[C@H](C)O)OCNC2CCCC2)ccc1O. The third kappa shape index (κ3) is 7.97. The standard InChI is InChI=1S/C48H58N4O8/c1-28(54)23-49-26-50-25-48(58-27-52-33-5-3-4-6-33)22-40-39-19-32(18-29-7-13-41-30(17-29)15-16-51-41)38-21-34(55)9-11-36(38)44(39)46-37(12-10-35(24-53)59-46)45(40)60-47(48)31-8-14-42(56)43(20-31)57-2/h7-9,11,13-15,17,20-21,28,32-33,35,47,49-50,52-56H,3-6,10,12,16,18-19,22-27H2,1-2H3/t28-,32-,35+,47+,48-/m0/s1. The topological polar surface area (TPSA) is 166 Å². The molecule has 0 aromatic heterocycles. The van der Waals surface area contributed by atoms with Crippen LogP contribution in [0.25, 0.3) is 17.2 Å². The van der Waals surface area contributed by atoms with Crippen LogP contribution in [0.4, 0.5) is 0 Å². The maximum Gasteiger partial charge on any atom is 0.160 e. The summed E-state index contributed by atoms with van der Waals surface area (Å²) in [5.74, 6) is 2.13. The number of benzene rings is 4. The summed E-state index contributed by atoms with van der Waals surface area (Å²) in [4.78, 5) is 4.61. The summed E-state index contributed by atoms with van der Waals surface area (Å²) < 4.78 is 27.1. The quantitative estimate of drug-likeness (QED) is 0.0680. The van der Waals surface area contributed by atoms with E-state index in [1.54, 1.807) is 26.2 Å². The van der Waals surface area contributed by atoms with E-state index >= 15 is 0 Å². The molecule has 5 aliphatic rings. The van der Waals surface area contributed by atoms with E-state index in [0.717, 1.165) is 80.3 Å². The molecule has 3 heterocycles. The second kappa shape index (κ2) is 17.4. The summed E-state index contributed by atoms with van der Waals surface area (Å²) in [7, 11) is 1.54. The molecule has 12 nitrogen and oxygen atoms in total. The minimum absolute atomic E-state index is 0.0246. The fourth-order valence-electron chi connectivity index (χ4n) is 10.2. The molecule has 0 bridgehead atoms. The van der Waals surface area contributed by atoms with Crippen LogP contribution in [0.2, 0.25) is 0 Å². The van der Waals surface area contributed by atoms with Crippen molar-refractivity contribution in [1.82, 2.24) is 16.0 Å². The van der Waals surface area contributed by atoms with Crippen LogP contribution in [-0.4, -0.2) is 91.0 Å². The number of fused-ring (bicyclic) bond motifs is 9. The fourth-order valence-corrected chi connectivity index (χ4v) is 10.2. The largest absolute Gasteiger partial charge is 0.508 e. The van der Waals surface area contributed by atoms with Crippen LogP contribution in [0, 0.1) is 0 Å². The van der Waals surface area contributed by atoms with Crippen molar-refractivity contribution >= 4 is 6.08 Å². The summed E-state index contributed by atoms with van der Waals surface area (Å²) in [6.45, 7) is 3.94. The van der Waals surface area contributed by atoms with Crippen molar-refractivity contribution in [3.63, 3.8) is 0 Å². The monoisotopic (exact) mass is 818 g/mol. The van der Waals surface area contributed by atoms with Gasteiger partial charge in [-0.1, -0.05) is 37.1 Å². The number of methoxy groups -OCH3 is 1. The van der Waals surface area contributed by atoms with Crippen LogP contribution in [0.3, 0.4) is 0 Å². The summed E-state index contributed by atoms with van der Waals surface area (Å²) >= 11 is 0. The third-order valence-corrected chi connectivity index (χ3v) is 13.2. The number of hydrogen-bond donors (Lipinski definition) is 7. The number of nitrogens with zero attached hydrogens (tertiary/aromatic N) is 1. The second-order valence-electron chi connectivity index (χ2n) is 17.3. The lowest BCUT2D eigenvalue weighted by atomic mass is 9.70. The average Bonchev–Trinajstić information content (AvgIpc) is 3.96. The molecule has 0 unspecified atom stereocenters. The van der Waals surface area contributed by atoms with Crippen molar-refractivity contribution in [3.05, 3.63) is 98.6 Å². The molecule has 4 aromatic rings. The van der Waals surface area contributed by atoms with Crippen molar-refractivity contribution in [1.29, 1.82) is 0 Å². The molecule has 60 heavy (non-hydrogen) atoms. The maximum atomic E-state index is 11.0. The van der Waals surface area contributed by atoms with Crippen molar-refractivity contribution in [3.8, 4) is 39.9 Å². The number of ether oxygens (including phenoxy) is 4. The molecule has 4 aromatic carbocycles. The molecule has 0 saturated heterocycles. The molecular formula is C48H58N4O8. The van der Waals surface area contributed by atoms with E-state index in [-0.39, 0.29) is 30.1 Å². The van der Waals surface area contributed by atoms with E-state index in [9.17, 15) is 20.4 Å². The van der Waals surface area contributed by atoms with Crippen LogP contribution in [0.15, 0.2) is 59.6 Å². The Labute approximate surface area is 351 Å². The van der Waals surface area contributed by atoms with Crippen LogP contribution in [0.5, 0.6) is 28.7 Å². The summed E-state index contributed by atoms with van der Waals surface area (Å²) in [5.41, 5.74) is 7.27. The van der Waals surface area contributed by atoms with Gasteiger partial charge >= 0.3 is 0 Å². The van der Waals surface area contributed by atoms with E-state index in [2.05, 4.69) is 45.2 Å². The van der Waals surface area contributed by atoms with Crippen LogP contribution in [0.1, 0.15) is 84.4 Å². The van der Waals surface area contributed by atoms with Gasteiger partial charge in [-0.05, 0) is 121 Å². The zero-order valence-electron chi connectivity index (χ0n) is 34.6. The summed E-state index contributed by atoms with van der Waals surface area (Å²) in [6, 6.07) is 17.9. The molecule has 2 aliphatic carbocycles. The van der Waals surface area contributed by atoms with Gasteiger partial charge in [0.05, 0.1) is 38.5 Å². The van der Waals surface area contributed by atoms with E-state index in [4.69, 9.17) is 18.9 Å². The van der Waals surface area contributed by atoms with Gasteiger partial charge < -0.3 is 50.0 Å². The molecule has 318 valence electrons. The Bertz CT molecular complexity index is 2350. The first kappa shape index (κ1) is 40.7. The first-order valence-electron chi connectivity index (χ1n) is 21.7. The lowest BCUT2D eigenvalue weighted by Gasteiger charge is -2.47. The number of aromatic hydroxyl groups is 2. The van der Waals surface area contributed by atoms with Crippen LogP contribution < -0.4 is 40.7 Å². The molecule has 1 saturated carbocycles. The van der Waals surface area contributed by atoms with E-state index in [1.807, 2.05) is 24.3 Å². The second-order valence-corrected chi connectivity index (χ2v) is 17.3. The highest BCUT2D eigenvalue weighted by atomic mass is 16.6. The molecule has 5 atom stereocenters. The van der Waals surface area contributed by atoms with Gasteiger partial charge in [0.15, 0.2) is 17.6 Å². The lowest BCUT2D eigenvalue weighted by molar-refractivity contribution is -0.131. The van der Waals surface area contributed by atoms with Gasteiger partial charge in [-0.15, -0.1) is 0 Å². The maximum absolute atomic E-state index is 11.0. The zero-order valence-corrected chi connectivity index (χ0v) is 34.6. The molecule has 0 spiro atoms. The number of hydrogen-bond acceptors (Lipinski definition) is 12. The molecule has 1 fully saturated rings. The Morgan fingerprint density at radius 1 is 0.950 bits per heavy atom. The van der Waals surface area contributed by atoms with Crippen molar-refractivity contribution < 1.29 is 39.4 Å². The van der Waals surface area contributed by atoms with Crippen molar-refractivity contribution in [2.75, 3.05) is 46.8 Å². The number of nitrogens with one attached hydrogen (secondary N) is 3. The first-order chi connectivity index (χ1) is 29.2. The van der Waals surface area contributed by atoms with Crippen LogP contribution >= 0.6 is 0 Å². The van der Waals surface area contributed by atoms with Gasteiger partial charge in [-0.25, -0.2) is 0 Å². The Hall–Kier alpha value is -4.69. The fraction of sp³-hybridized carbons (Fsp3) is 0.479. The molecule has 12 heteroatoms. The number of aliphatic hydroxyl groups excluding tert-OH is 2. The predicted octanol–water partition coefficient (Wildman–Crippen LogP) is 4.19. The smallest absolute Gasteiger partial charge is 0.160 e. The number of aliphatic hydroxyl groups is 2. The Balaban J connectivity index is 1.20. The molecular weight excluding hydrogens is 761 g/mol. The van der Waals surface area contributed by atoms with E-state index in [0.29, 0.717) is 70.5 Å². The van der Waals surface area contributed by atoms with Gasteiger partial charge in [0.25, 0.3) is 0 Å². The van der Waals surface area contributed by atoms with E-state index in [1.165, 1.54) is 18.4 Å². The highest BCUT2D eigenvalue weighted by molar-refractivity contribution is 5.85. The first-order valence-corrected chi connectivity index (χ1v) is 21.7. The van der Waals surface area contributed by atoms with Crippen LogP contribution in [-0.2, 0) is 30.4 Å². The Morgan fingerprint density at radius 2 is 1.82 bits per heavy atom. The lowest BCUT2D eigenvalue weighted by Crippen LogP contribution is -2.56. The van der Waals surface area contributed by atoms with Gasteiger partial charge in [-0.3, -0.25) is 10.3 Å². The van der Waals surface area contributed by atoms with Crippen molar-refractivity contribution in [2.45, 2.75) is 101 Å². The third-order valence-electron chi connectivity index (χ3n) is 13.2. The van der Waals surface area contributed by atoms with Gasteiger partial charge in [0.2, 0.25) is 0 Å². The number of phenolic OH excluding ortho intramolecular Hbond substituents is 2. The van der Waals surface area contributed by atoms with Gasteiger partial charge in [0.1, 0.15) is 29.0 Å². The molecule has 0 radical (unpaired) electrons. The zero-order chi connectivity index (χ0) is 41.4. The minimum Gasteiger partial charge on any atom is -0.508 e. The minimum atomic E-state index is -0.956. The molecule has 0 amide bonds. The average molecular weight is 819 g/mol. The summed E-state index contributed by atoms with van der Waals surface area (Å²) in [5, 5.41) is 54.9. The highest BCUT2D eigenvalue weighted by Gasteiger charge is 2.50. The Kier molecular flexibility index (Phi) is 11.8. The predicted molar refractivity (Wildman–Crippen MR) is 228 cm³/mol. The van der Waals surface area contributed by atoms with E-state index < -0.39 is 17.8 Å². The number of rotatable bonds is 15. The molecule has 7 N–H and O–H groups in total. The summed E-state index contributed by atoms with van der Waals surface area (Å²) in [6.07, 6.45) is 8.47. The number of phenols is 2. The normalized spacial score (nSPS) is 23.2. The molecule has 3 aliphatic heterocycles. The Morgan fingerprint density at radius 3 is 2.63 bits per heavy atom. The van der Waals surface area contributed by atoms with Crippen molar-refractivity contribution in [2.24, 2.45) is 4.99 Å². The van der Waals surface area contributed by atoms with Gasteiger partial charge in [-0.2, -0.15) is 0 Å². The molecule has 9 rings (SSSR count).